The molecule has 3 heterocycles. The molecule has 4 rings (SSSR count). The Labute approximate surface area is 148 Å². The highest BCUT2D eigenvalue weighted by Gasteiger charge is 2.38. The van der Waals surface area contributed by atoms with Gasteiger partial charge in [-0.1, -0.05) is 12.1 Å². The Hall–Kier alpha value is -3.07. The van der Waals surface area contributed by atoms with Crippen LogP contribution in [0.2, 0.25) is 0 Å². The summed E-state index contributed by atoms with van der Waals surface area (Å²) in [7, 11) is 1.61. The Morgan fingerprint density at radius 1 is 1.31 bits per heavy atom. The fraction of sp³-hybridized carbons (Fsp3) is 0.294. The Balaban J connectivity index is 1.54. The van der Waals surface area contributed by atoms with Gasteiger partial charge >= 0.3 is 0 Å². The molecule has 0 bridgehead atoms. The molecule has 1 aliphatic heterocycles. The number of hydrogen-bond acceptors (Lipinski definition) is 5. The lowest BCUT2D eigenvalue weighted by Crippen LogP contribution is -2.30. The van der Waals surface area contributed by atoms with Crippen LogP contribution in [0.3, 0.4) is 0 Å². The maximum absolute atomic E-state index is 13.9. The first-order valence-corrected chi connectivity index (χ1v) is 8.15. The van der Waals surface area contributed by atoms with Crippen LogP contribution in [0.1, 0.15) is 22.1 Å². The number of aromatic nitrogens is 5. The van der Waals surface area contributed by atoms with E-state index >= 15 is 0 Å². The first kappa shape index (κ1) is 16.4. The Morgan fingerprint density at radius 3 is 2.88 bits per heavy atom. The summed E-state index contributed by atoms with van der Waals surface area (Å²) in [5.74, 6) is -0.689. The molecule has 1 amide bonds. The zero-order chi connectivity index (χ0) is 18.1. The van der Waals surface area contributed by atoms with Crippen LogP contribution in [0.25, 0.3) is 5.69 Å². The number of methoxy groups -OCH3 is 1. The number of para-hydroxylation sites is 1. The summed E-state index contributed by atoms with van der Waals surface area (Å²) in [6.45, 7) is 0.885. The summed E-state index contributed by atoms with van der Waals surface area (Å²) in [6, 6.07) is 7.86. The standard InChI is InChI=1S/C17H17FN6O2/c1-26-16-10-23(9-11(16)14-8-19-22-20-14)17(25)13-6-7-24(21-13)15-5-3-2-4-12(15)18/h2-8,11,16H,9-10H2,1H3,(H,19,20,22)/t11-,16+/m0/s1. The van der Waals surface area contributed by atoms with Gasteiger partial charge in [0.1, 0.15) is 11.5 Å². The predicted octanol–water partition coefficient (Wildman–Crippen LogP) is 1.38. The number of carbonyl (C=O) groups is 1. The molecule has 3 aromatic rings. The van der Waals surface area contributed by atoms with E-state index in [1.807, 2.05) is 0 Å². The van der Waals surface area contributed by atoms with Crippen LogP contribution >= 0.6 is 0 Å². The van der Waals surface area contributed by atoms with E-state index in [-0.39, 0.29) is 23.6 Å². The number of halogens is 1. The fourth-order valence-corrected chi connectivity index (χ4v) is 3.22. The second-order valence-corrected chi connectivity index (χ2v) is 6.08. The minimum Gasteiger partial charge on any atom is -0.379 e. The summed E-state index contributed by atoms with van der Waals surface area (Å²) < 4.78 is 20.8. The third kappa shape index (κ3) is 2.86. The van der Waals surface area contributed by atoms with Crippen LogP contribution < -0.4 is 0 Å². The number of nitrogens with one attached hydrogen (secondary N) is 1. The number of H-pyrrole nitrogens is 1. The number of likely N-dealkylation sites (tertiary alicyclic amines) is 1. The van der Waals surface area contributed by atoms with Crippen molar-refractivity contribution >= 4 is 5.91 Å². The first-order valence-electron chi connectivity index (χ1n) is 8.15. The zero-order valence-corrected chi connectivity index (χ0v) is 14.0. The SMILES string of the molecule is CO[C@@H]1CN(C(=O)c2ccn(-c3ccccc3F)n2)C[C@H]1c1cn[nH]n1. The van der Waals surface area contributed by atoms with Gasteiger partial charge in [0, 0.05) is 26.4 Å². The molecule has 0 unspecified atom stereocenters. The topological polar surface area (TPSA) is 88.9 Å². The molecule has 26 heavy (non-hydrogen) atoms. The number of hydrogen-bond donors (Lipinski definition) is 1. The van der Waals surface area contributed by atoms with E-state index in [0.717, 1.165) is 5.69 Å². The van der Waals surface area contributed by atoms with E-state index in [9.17, 15) is 9.18 Å². The highest BCUT2D eigenvalue weighted by atomic mass is 19.1. The molecule has 1 aliphatic rings. The summed E-state index contributed by atoms with van der Waals surface area (Å²) in [6.07, 6.45) is 3.04. The summed E-state index contributed by atoms with van der Waals surface area (Å²) in [4.78, 5) is 14.5. The average molecular weight is 356 g/mol. The molecule has 0 spiro atoms. The minimum atomic E-state index is -0.402. The molecule has 1 saturated heterocycles. The minimum absolute atomic E-state index is 0.0589. The summed E-state index contributed by atoms with van der Waals surface area (Å²) >= 11 is 0. The van der Waals surface area contributed by atoms with E-state index in [4.69, 9.17) is 4.74 Å². The predicted molar refractivity (Wildman–Crippen MR) is 89.3 cm³/mol. The first-order chi connectivity index (χ1) is 12.7. The number of carbonyl (C=O) groups excluding carboxylic acids is 1. The molecular weight excluding hydrogens is 339 g/mol. The second-order valence-electron chi connectivity index (χ2n) is 6.08. The molecule has 2 aromatic heterocycles. The van der Waals surface area contributed by atoms with E-state index < -0.39 is 5.82 Å². The Kier molecular flexibility index (Phi) is 4.21. The van der Waals surface area contributed by atoms with Gasteiger partial charge < -0.3 is 9.64 Å². The highest BCUT2D eigenvalue weighted by molar-refractivity contribution is 5.92. The number of rotatable bonds is 4. The third-order valence-corrected chi connectivity index (χ3v) is 4.58. The largest absolute Gasteiger partial charge is 0.379 e. The fourth-order valence-electron chi connectivity index (χ4n) is 3.22. The van der Waals surface area contributed by atoms with Gasteiger partial charge in [0.2, 0.25) is 0 Å². The van der Waals surface area contributed by atoms with Crippen LogP contribution in [0.15, 0.2) is 42.7 Å². The lowest BCUT2D eigenvalue weighted by Gasteiger charge is -2.14. The van der Waals surface area contributed by atoms with Crippen molar-refractivity contribution in [1.82, 2.24) is 30.1 Å². The monoisotopic (exact) mass is 356 g/mol. The molecule has 8 nitrogen and oxygen atoms in total. The van der Waals surface area contributed by atoms with Crippen molar-refractivity contribution in [3.63, 3.8) is 0 Å². The van der Waals surface area contributed by atoms with Crippen molar-refractivity contribution in [3.05, 3.63) is 59.9 Å². The lowest BCUT2D eigenvalue weighted by molar-refractivity contribution is 0.0709. The molecule has 1 fully saturated rings. The quantitative estimate of drug-likeness (QED) is 0.763. The van der Waals surface area contributed by atoms with Crippen molar-refractivity contribution in [2.24, 2.45) is 0 Å². The van der Waals surface area contributed by atoms with Crippen molar-refractivity contribution in [3.8, 4) is 5.69 Å². The van der Waals surface area contributed by atoms with Gasteiger partial charge in [0.15, 0.2) is 5.69 Å². The van der Waals surface area contributed by atoms with Crippen molar-refractivity contribution in [1.29, 1.82) is 0 Å². The van der Waals surface area contributed by atoms with Crippen LogP contribution in [0, 0.1) is 5.82 Å². The summed E-state index contributed by atoms with van der Waals surface area (Å²) in [5.41, 5.74) is 1.30. The molecule has 0 saturated carbocycles. The molecule has 1 aromatic carbocycles. The van der Waals surface area contributed by atoms with Gasteiger partial charge in [-0.25, -0.2) is 9.07 Å². The molecule has 1 N–H and O–H groups in total. The molecule has 134 valence electrons. The van der Waals surface area contributed by atoms with E-state index in [0.29, 0.717) is 18.8 Å². The number of amides is 1. The van der Waals surface area contributed by atoms with E-state index in [2.05, 4.69) is 20.5 Å². The van der Waals surface area contributed by atoms with Crippen molar-refractivity contribution in [2.45, 2.75) is 12.0 Å². The van der Waals surface area contributed by atoms with Crippen LogP contribution in [0.5, 0.6) is 0 Å². The van der Waals surface area contributed by atoms with Gasteiger partial charge in [0.05, 0.1) is 23.9 Å². The maximum atomic E-state index is 13.9. The molecule has 0 radical (unpaired) electrons. The van der Waals surface area contributed by atoms with E-state index in [1.54, 1.807) is 48.7 Å². The van der Waals surface area contributed by atoms with Crippen molar-refractivity contribution < 1.29 is 13.9 Å². The average Bonchev–Trinajstić information content (AvgIpc) is 3.40. The number of aromatic amines is 1. The number of benzene rings is 1. The normalized spacial score (nSPS) is 19.8. The van der Waals surface area contributed by atoms with Gasteiger partial charge in [-0.15, -0.1) is 0 Å². The molecule has 9 heteroatoms. The van der Waals surface area contributed by atoms with Gasteiger partial charge in [-0.2, -0.15) is 20.5 Å². The maximum Gasteiger partial charge on any atom is 0.274 e. The molecule has 2 atom stereocenters. The van der Waals surface area contributed by atoms with E-state index in [1.165, 1.54) is 10.7 Å². The molecule has 0 aliphatic carbocycles. The second kappa shape index (κ2) is 6.68. The van der Waals surface area contributed by atoms with Crippen LogP contribution in [-0.4, -0.2) is 62.3 Å². The van der Waals surface area contributed by atoms with Gasteiger partial charge in [0.25, 0.3) is 5.91 Å². The lowest BCUT2D eigenvalue weighted by atomic mass is 10.0. The molecular formula is C17H17FN6O2. The summed E-state index contributed by atoms with van der Waals surface area (Å²) in [5, 5.41) is 14.7. The third-order valence-electron chi connectivity index (χ3n) is 4.58. The van der Waals surface area contributed by atoms with Gasteiger partial charge in [-0.3, -0.25) is 4.79 Å². The zero-order valence-electron chi connectivity index (χ0n) is 14.0. The number of nitrogens with zero attached hydrogens (tertiary/aromatic N) is 5. The Bertz CT molecular complexity index is 910. The highest BCUT2D eigenvalue weighted by Crippen LogP contribution is 2.28. The van der Waals surface area contributed by atoms with Crippen LogP contribution in [0.4, 0.5) is 4.39 Å². The smallest absolute Gasteiger partial charge is 0.274 e. The Morgan fingerprint density at radius 2 is 2.15 bits per heavy atom. The van der Waals surface area contributed by atoms with Crippen LogP contribution in [-0.2, 0) is 4.74 Å². The number of ether oxygens (including phenoxy) is 1. The van der Waals surface area contributed by atoms with Gasteiger partial charge in [-0.05, 0) is 18.2 Å². The van der Waals surface area contributed by atoms with Crippen molar-refractivity contribution in [2.75, 3.05) is 20.2 Å².